The molecule has 1 rings (SSSR count). The third-order valence-electron chi connectivity index (χ3n) is 2.69. The Labute approximate surface area is 110 Å². The molecule has 0 aliphatic heterocycles. The third kappa shape index (κ3) is 5.52. The Bertz CT molecular complexity index is 340. The van der Waals surface area contributed by atoms with Gasteiger partial charge in [0.05, 0.1) is 13.2 Å². The summed E-state index contributed by atoms with van der Waals surface area (Å²) in [5.74, 6) is 1.48. The molecule has 18 heavy (non-hydrogen) atoms. The van der Waals surface area contributed by atoms with Crippen LogP contribution in [-0.4, -0.2) is 36.3 Å². The van der Waals surface area contributed by atoms with E-state index < -0.39 is 0 Å². The maximum atomic E-state index is 9.55. The molecule has 0 saturated heterocycles. The molecular formula is C15H25NO2. The molecule has 0 aliphatic rings. The summed E-state index contributed by atoms with van der Waals surface area (Å²) in [6, 6.07) is 8.10. The van der Waals surface area contributed by atoms with Gasteiger partial charge in [-0.1, -0.05) is 26.0 Å². The van der Waals surface area contributed by atoms with E-state index in [1.165, 1.54) is 5.56 Å². The highest BCUT2D eigenvalue weighted by Crippen LogP contribution is 2.15. The molecule has 0 aliphatic carbocycles. The lowest BCUT2D eigenvalue weighted by Gasteiger charge is -2.25. The van der Waals surface area contributed by atoms with E-state index in [0.717, 1.165) is 18.8 Å². The second-order valence-corrected chi connectivity index (χ2v) is 5.29. The summed E-state index contributed by atoms with van der Waals surface area (Å²) < 4.78 is 5.23. The predicted molar refractivity (Wildman–Crippen MR) is 74.8 cm³/mol. The Hall–Kier alpha value is -1.06. The van der Waals surface area contributed by atoms with Gasteiger partial charge < -0.3 is 9.84 Å². The van der Waals surface area contributed by atoms with E-state index in [0.29, 0.717) is 12.5 Å². The monoisotopic (exact) mass is 251 g/mol. The van der Waals surface area contributed by atoms with Crippen molar-refractivity contribution in [3.63, 3.8) is 0 Å². The zero-order chi connectivity index (χ0) is 13.5. The average Bonchev–Trinajstić information content (AvgIpc) is 2.27. The average molecular weight is 251 g/mol. The van der Waals surface area contributed by atoms with Crippen molar-refractivity contribution in [3.8, 4) is 5.75 Å². The fourth-order valence-electron chi connectivity index (χ4n) is 2.12. The number of hydrogen-bond donors (Lipinski definition) is 1. The van der Waals surface area contributed by atoms with Crippen LogP contribution in [0.2, 0.25) is 0 Å². The lowest BCUT2D eigenvalue weighted by atomic mass is 10.1. The van der Waals surface area contributed by atoms with Crippen LogP contribution >= 0.6 is 0 Å². The normalized spacial score (nSPS) is 13.1. The lowest BCUT2D eigenvalue weighted by molar-refractivity contribution is 0.114. The number of nitrogens with zero attached hydrogens (tertiary/aromatic N) is 1. The van der Waals surface area contributed by atoms with E-state index in [2.05, 4.69) is 30.9 Å². The molecule has 0 heterocycles. The molecule has 0 amide bonds. The topological polar surface area (TPSA) is 32.7 Å². The summed E-state index contributed by atoms with van der Waals surface area (Å²) in [4.78, 5) is 2.28. The fraction of sp³-hybridized carbons (Fsp3) is 0.600. The van der Waals surface area contributed by atoms with Gasteiger partial charge in [0.2, 0.25) is 0 Å². The second-order valence-electron chi connectivity index (χ2n) is 5.29. The van der Waals surface area contributed by atoms with Crippen LogP contribution in [0.5, 0.6) is 5.75 Å². The summed E-state index contributed by atoms with van der Waals surface area (Å²) in [7, 11) is 1.68. The molecule has 1 aromatic rings. The van der Waals surface area contributed by atoms with Crippen LogP contribution in [0.25, 0.3) is 0 Å². The number of rotatable bonds is 7. The lowest BCUT2D eigenvalue weighted by Crippen LogP contribution is -2.33. The number of aliphatic hydroxyl groups excluding tert-OH is 1. The van der Waals surface area contributed by atoms with E-state index in [9.17, 15) is 5.11 Å². The van der Waals surface area contributed by atoms with Gasteiger partial charge in [0, 0.05) is 19.6 Å². The Morgan fingerprint density at radius 3 is 2.50 bits per heavy atom. The summed E-state index contributed by atoms with van der Waals surface area (Å²) in [5, 5.41) is 9.55. The summed E-state index contributed by atoms with van der Waals surface area (Å²) in [6.45, 7) is 8.76. The molecule has 0 spiro atoms. The first-order valence-corrected chi connectivity index (χ1v) is 6.54. The van der Waals surface area contributed by atoms with E-state index in [4.69, 9.17) is 4.74 Å². The van der Waals surface area contributed by atoms with E-state index in [-0.39, 0.29) is 6.10 Å². The highest BCUT2D eigenvalue weighted by atomic mass is 16.5. The largest absolute Gasteiger partial charge is 0.497 e. The second kappa shape index (κ2) is 7.39. The number of benzene rings is 1. The molecule has 1 unspecified atom stereocenters. The van der Waals surface area contributed by atoms with Crippen LogP contribution in [-0.2, 0) is 6.54 Å². The Morgan fingerprint density at radius 2 is 1.94 bits per heavy atom. The number of ether oxygens (including phenoxy) is 1. The predicted octanol–water partition coefficient (Wildman–Crippen LogP) is 2.53. The molecule has 3 heteroatoms. The molecule has 0 aromatic heterocycles. The van der Waals surface area contributed by atoms with Gasteiger partial charge in [-0.15, -0.1) is 0 Å². The first kappa shape index (κ1) is 15.0. The van der Waals surface area contributed by atoms with Crippen molar-refractivity contribution in [2.24, 2.45) is 5.92 Å². The Morgan fingerprint density at radius 1 is 1.22 bits per heavy atom. The summed E-state index contributed by atoms with van der Waals surface area (Å²) >= 11 is 0. The van der Waals surface area contributed by atoms with E-state index >= 15 is 0 Å². The molecule has 1 atom stereocenters. The quantitative estimate of drug-likeness (QED) is 0.808. The van der Waals surface area contributed by atoms with E-state index in [1.54, 1.807) is 7.11 Å². The zero-order valence-electron chi connectivity index (χ0n) is 11.9. The van der Waals surface area contributed by atoms with Gasteiger partial charge in [0.25, 0.3) is 0 Å². The smallest absolute Gasteiger partial charge is 0.119 e. The minimum absolute atomic E-state index is 0.297. The molecular weight excluding hydrogens is 226 g/mol. The van der Waals surface area contributed by atoms with Gasteiger partial charge >= 0.3 is 0 Å². The Balaban J connectivity index is 2.68. The van der Waals surface area contributed by atoms with Crippen LogP contribution in [0.4, 0.5) is 0 Å². The fourth-order valence-corrected chi connectivity index (χ4v) is 2.12. The van der Waals surface area contributed by atoms with Crippen LogP contribution in [0, 0.1) is 5.92 Å². The maximum absolute atomic E-state index is 9.55. The standard InChI is InChI=1S/C15H25NO2/c1-12(2)9-16(10-13(3)17)11-14-6-5-7-15(8-14)18-4/h5-8,12-13,17H,9-11H2,1-4H3. The highest BCUT2D eigenvalue weighted by molar-refractivity contribution is 5.28. The Kier molecular flexibility index (Phi) is 6.16. The maximum Gasteiger partial charge on any atom is 0.119 e. The first-order chi connectivity index (χ1) is 8.51. The van der Waals surface area contributed by atoms with Crippen molar-refractivity contribution in [1.29, 1.82) is 0 Å². The number of aliphatic hydroxyl groups is 1. The molecule has 3 nitrogen and oxygen atoms in total. The SMILES string of the molecule is COc1cccc(CN(CC(C)C)CC(C)O)c1. The van der Waals surface area contributed by atoms with Crippen molar-refractivity contribution < 1.29 is 9.84 Å². The molecule has 1 aromatic carbocycles. The van der Waals surface area contributed by atoms with Crippen molar-refractivity contribution in [2.45, 2.75) is 33.4 Å². The van der Waals surface area contributed by atoms with Crippen molar-refractivity contribution in [3.05, 3.63) is 29.8 Å². The number of methoxy groups -OCH3 is 1. The summed E-state index contributed by atoms with van der Waals surface area (Å²) in [6.07, 6.45) is -0.297. The summed E-state index contributed by atoms with van der Waals surface area (Å²) in [5.41, 5.74) is 1.22. The molecule has 0 radical (unpaired) electrons. The zero-order valence-corrected chi connectivity index (χ0v) is 11.9. The minimum atomic E-state index is -0.297. The van der Waals surface area contributed by atoms with Gasteiger partial charge in [-0.3, -0.25) is 4.90 Å². The molecule has 1 N–H and O–H groups in total. The van der Waals surface area contributed by atoms with Gasteiger partial charge in [0.15, 0.2) is 0 Å². The third-order valence-corrected chi connectivity index (χ3v) is 2.69. The molecule has 0 fully saturated rings. The van der Waals surface area contributed by atoms with Crippen LogP contribution in [0.3, 0.4) is 0 Å². The molecule has 0 saturated carbocycles. The van der Waals surface area contributed by atoms with Crippen molar-refractivity contribution in [2.75, 3.05) is 20.2 Å². The minimum Gasteiger partial charge on any atom is -0.497 e. The van der Waals surface area contributed by atoms with Crippen molar-refractivity contribution in [1.82, 2.24) is 4.90 Å². The molecule has 0 bridgehead atoms. The van der Waals surface area contributed by atoms with Gasteiger partial charge in [0.1, 0.15) is 5.75 Å². The van der Waals surface area contributed by atoms with Crippen molar-refractivity contribution >= 4 is 0 Å². The molecule has 102 valence electrons. The van der Waals surface area contributed by atoms with Crippen LogP contribution in [0.1, 0.15) is 26.3 Å². The van der Waals surface area contributed by atoms with Gasteiger partial charge in [-0.05, 0) is 30.5 Å². The van der Waals surface area contributed by atoms with Crippen LogP contribution < -0.4 is 4.74 Å². The van der Waals surface area contributed by atoms with E-state index in [1.807, 2.05) is 19.1 Å². The number of hydrogen-bond acceptors (Lipinski definition) is 3. The van der Waals surface area contributed by atoms with Gasteiger partial charge in [-0.25, -0.2) is 0 Å². The first-order valence-electron chi connectivity index (χ1n) is 6.54. The van der Waals surface area contributed by atoms with Crippen LogP contribution in [0.15, 0.2) is 24.3 Å². The van der Waals surface area contributed by atoms with Gasteiger partial charge in [-0.2, -0.15) is 0 Å². The highest BCUT2D eigenvalue weighted by Gasteiger charge is 2.11.